The van der Waals surface area contributed by atoms with Gasteiger partial charge < -0.3 is 20.1 Å². The lowest BCUT2D eigenvalue weighted by atomic mass is 10.1. The van der Waals surface area contributed by atoms with E-state index in [1.807, 2.05) is 56.3 Å². The third-order valence-electron chi connectivity index (χ3n) is 4.42. The smallest absolute Gasteiger partial charge is 0.238 e. The van der Waals surface area contributed by atoms with Crippen LogP contribution >= 0.6 is 11.8 Å². The van der Waals surface area contributed by atoms with Gasteiger partial charge in [-0.05, 0) is 50.1 Å². The molecule has 6 nitrogen and oxygen atoms in total. The van der Waals surface area contributed by atoms with Gasteiger partial charge in [0.25, 0.3) is 0 Å². The Morgan fingerprint density at radius 3 is 2.66 bits per heavy atom. The Bertz CT molecular complexity index is 872. The van der Waals surface area contributed by atoms with Gasteiger partial charge in [-0.15, -0.1) is 11.8 Å². The molecule has 1 aliphatic heterocycles. The predicted molar refractivity (Wildman–Crippen MR) is 115 cm³/mol. The number of ether oxygens (including phenoxy) is 2. The van der Waals surface area contributed by atoms with E-state index >= 15 is 0 Å². The first kappa shape index (κ1) is 21.0. The molecule has 0 saturated heterocycles. The minimum atomic E-state index is -0.417. The summed E-state index contributed by atoms with van der Waals surface area (Å²) in [5.41, 5.74) is 1.86. The fourth-order valence-corrected chi connectivity index (χ4v) is 4.18. The third-order valence-corrected chi connectivity index (χ3v) is 5.70. The number of fused-ring (bicyclic) bond motifs is 1. The second kappa shape index (κ2) is 10.2. The number of thioether (sulfide) groups is 1. The van der Waals surface area contributed by atoms with E-state index in [0.717, 1.165) is 21.9 Å². The summed E-state index contributed by atoms with van der Waals surface area (Å²) < 4.78 is 11.2. The molecule has 0 spiro atoms. The summed E-state index contributed by atoms with van der Waals surface area (Å²) >= 11 is 1.43. The average Bonchev–Trinajstić information content (AvgIpc) is 2.71. The molecule has 2 N–H and O–H groups in total. The normalized spacial score (nSPS) is 15.2. The molecule has 0 fully saturated rings. The third kappa shape index (κ3) is 5.67. The zero-order valence-electron chi connectivity index (χ0n) is 16.7. The van der Waals surface area contributed by atoms with E-state index < -0.39 is 5.25 Å². The van der Waals surface area contributed by atoms with Crippen molar-refractivity contribution in [2.24, 2.45) is 0 Å². The molecule has 0 saturated carbocycles. The molecule has 1 atom stereocenters. The van der Waals surface area contributed by atoms with E-state index in [9.17, 15) is 9.59 Å². The number of hydrogen-bond donors (Lipinski definition) is 2. The molecule has 1 aliphatic rings. The maximum atomic E-state index is 12.3. The first-order chi connectivity index (χ1) is 14.1. The molecule has 3 rings (SSSR count). The highest BCUT2D eigenvalue weighted by atomic mass is 32.2. The molecule has 2 aromatic carbocycles. The van der Waals surface area contributed by atoms with Crippen LogP contribution in [0.4, 0.5) is 5.69 Å². The number of amides is 2. The summed E-state index contributed by atoms with van der Waals surface area (Å²) in [6.07, 6.45) is 0.823. The van der Waals surface area contributed by atoms with Gasteiger partial charge in [-0.1, -0.05) is 18.2 Å². The van der Waals surface area contributed by atoms with Gasteiger partial charge in [-0.3, -0.25) is 9.59 Å². The Hall–Kier alpha value is -2.67. The van der Waals surface area contributed by atoms with Crippen LogP contribution in [0.2, 0.25) is 0 Å². The minimum Gasteiger partial charge on any atom is -0.490 e. The zero-order valence-corrected chi connectivity index (χ0v) is 17.5. The van der Waals surface area contributed by atoms with E-state index in [4.69, 9.17) is 9.47 Å². The van der Waals surface area contributed by atoms with Crippen LogP contribution in [-0.2, 0) is 16.0 Å². The molecular formula is C22H26N2O4S. The Morgan fingerprint density at radius 1 is 1.10 bits per heavy atom. The number of para-hydroxylation sites is 1. The number of rotatable bonds is 9. The van der Waals surface area contributed by atoms with Gasteiger partial charge in [0.1, 0.15) is 0 Å². The minimum absolute atomic E-state index is 0.128. The molecule has 0 bridgehead atoms. The highest BCUT2D eigenvalue weighted by Gasteiger charge is 2.28. The molecule has 29 heavy (non-hydrogen) atoms. The summed E-state index contributed by atoms with van der Waals surface area (Å²) in [5.74, 6) is 1.18. The molecule has 7 heteroatoms. The largest absolute Gasteiger partial charge is 0.490 e. The second-order valence-corrected chi connectivity index (χ2v) is 7.79. The molecule has 2 amide bonds. The monoisotopic (exact) mass is 414 g/mol. The Balaban J connectivity index is 1.50. The average molecular weight is 415 g/mol. The lowest BCUT2D eigenvalue weighted by Crippen LogP contribution is -2.35. The van der Waals surface area contributed by atoms with Crippen LogP contribution in [0, 0.1) is 0 Å². The number of carbonyl (C=O) groups excluding carboxylic acids is 2. The summed E-state index contributed by atoms with van der Waals surface area (Å²) in [7, 11) is 0. The van der Waals surface area contributed by atoms with E-state index in [1.54, 1.807) is 0 Å². The van der Waals surface area contributed by atoms with Gasteiger partial charge in [0.05, 0.1) is 24.2 Å². The van der Waals surface area contributed by atoms with Crippen LogP contribution in [-0.4, -0.2) is 36.8 Å². The number of benzene rings is 2. The molecule has 0 aliphatic carbocycles. The maximum absolute atomic E-state index is 12.3. The highest BCUT2D eigenvalue weighted by Crippen LogP contribution is 2.36. The van der Waals surface area contributed by atoms with Crippen molar-refractivity contribution in [3.05, 3.63) is 48.0 Å². The van der Waals surface area contributed by atoms with Gasteiger partial charge in [0.2, 0.25) is 11.8 Å². The van der Waals surface area contributed by atoms with Crippen molar-refractivity contribution < 1.29 is 19.1 Å². The number of hydrogen-bond acceptors (Lipinski definition) is 5. The van der Waals surface area contributed by atoms with Crippen LogP contribution < -0.4 is 20.1 Å². The fourth-order valence-electron chi connectivity index (χ4n) is 3.06. The van der Waals surface area contributed by atoms with E-state index in [1.165, 1.54) is 11.8 Å². The molecule has 2 aromatic rings. The SMILES string of the molecule is CCOc1ccc(CCNC(=O)C[C@H]2Sc3ccccc3NC2=O)cc1OCC. The molecule has 154 valence electrons. The van der Waals surface area contributed by atoms with Crippen LogP contribution in [0.3, 0.4) is 0 Å². The summed E-state index contributed by atoms with van der Waals surface area (Å²) in [6, 6.07) is 13.4. The Labute approximate surface area is 175 Å². The second-order valence-electron chi connectivity index (χ2n) is 6.54. The van der Waals surface area contributed by atoms with E-state index in [0.29, 0.717) is 31.9 Å². The van der Waals surface area contributed by atoms with Crippen molar-refractivity contribution in [1.82, 2.24) is 5.32 Å². The predicted octanol–water partition coefficient (Wildman–Crippen LogP) is 3.65. The topological polar surface area (TPSA) is 76.7 Å². The van der Waals surface area contributed by atoms with Crippen molar-refractivity contribution in [2.75, 3.05) is 25.1 Å². The van der Waals surface area contributed by atoms with Gasteiger partial charge in [0, 0.05) is 17.9 Å². The Morgan fingerprint density at radius 2 is 1.86 bits per heavy atom. The fraction of sp³-hybridized carbons (Fsp3) is 0.364. The molecule has 0 aromatic heterocycles. The number of anilines is 1. The molecule has 0 unspecified atom stereocenters. The maximum Gasteiger partial charge on any atom is 0.238 e. The van der Waals surface area contributed by atoms with E-state index in [2.05, 4.69) is 10.6 Å². The first-order valence-corrected chi connectivity index (χ1v) is 10.7. The summed E-state index contributed by atoms with van der Waals surface area (Å²) in [6.45, 7) is 5.49. The lowest BCUT2D eigenvalue weighted by Gasteiger charge is -2.23. The molecular weight excluding hydrogens is 388 g/mol. The van der Waals surface area contributed by atoms with Crippen molar-refractivity contribution in [3.8, 4) is 11.5 Å². The standard InChI is InChI=1S/C22H26N2O4S/c1-3-27-17-10-9-15(13-18(17)28-4-2)11-12-23-21(25)14-20-22(26)24-16-7-5-6-8-19(16)29-20/h5-10,13,20H,3-4,11-12,14H2,1-2H3,(H,23,25)(H,24,26)/t20-/m1/s1. The van der Waals surface area contributed by atoms with Gasteiger partial charge in [0.15, 0.2) is 11.5 Å². The van der Waals surface area contributed by atoms with Gasteiger partial charge in [-0.2, -0.15) is 0 Å². The van der Waals surface area contributed by atoms with Crippen LogP contribution in [0.15, 0.2) is 47.4 Å². The van der Waals surface area contributed by atoms with Crippen molar-refractivity contribution in [2.45, 2.75) is 36.8 Å². The number of nitrogens with one attached hydrogen (secondary N) is 2. The lowest BCUT2D eigenvalue weighted by molar-refractivity contribution is -0.124. The quantitative estimate of drug-likeness (QED) is 0.655. The van der Waals surface area contributed by atoms with Crippen LogP contribution in [0.25, 0.3) is 0 Å². The van der Waals surface area contributed by atoms with Crippen molar-refractivity contribution >= 4 is 29.3 Å². The summed E-state index contributed by atoms with van der Waals surface area (Å²) in [5, 5.41) is 5.36. The first-order valence-electron chi connectivity index (χ1n) is 9.82. The molecule has 0 radical (unpaired) electrons. The van der Waals surface area contributed by atoms with E-state index in [-0.39, 0.29) is 18.2 Å². The van der Waals surface area contributed by atoms with Crippen LogP contribution in [0.5, 0.6) is 11.5 Å². The van der Waals surface area contributed by atoms with Crippen LogP contribution in [0.1, 0.15) is 25.8 Å². The summed E-state index contributed by atoms with van der Waals surface area (Å²) in [4.78, 5) is 25.5. The zero-order chi connectivity index (χ0) is 20.6. The Kier molecular flexibility index (Phi) is 7.41. The van der Waals surface area contributed by atoms with Gasteiger partial charge in [-0.25, -0.2) is 0 Å². The van der Waals surface area contributed by atoms with Crippen molar-refractivity contribution in [3.63, 3.8) is 0 Å². The van der Waals surface area contributed by atoms with Crippen molar-refractivity contribution in [1.29, 1.82) is 0 Å². The van der Waals surface area contributed by atoms with Gasteiger partial charge >= 0.3 is 0 Å². The number of carbonyl (C=O) groups is 2. The molecule has 1 heterocycles. The highest BCUT2D eigenvalue weighted by molar-refractivity contribution is 8.01.